The Hall–Kier alpha value is -1.22. The first-order chi connectivity index (χ1) is 18.4. The molecule has 0 aromatic rings. The molecular formula is C30H54O8. The van der Waals surface area contributed by atoms with Gasteiger partial charge in [-0.2, -0.15) is 0 Å². The summed E-state index contributed by atoms with van der Waals surface area (Å²) < 4.78 is 22.8. The maximum atomic E-state index is 12.2. The van der Waals surface area contributed by atoms with Crippen molar-refractivity contribution >= 4 is 11.9 Å². The predicted octanol–water partition coefficient (Wildman–Crippen LogP) is 5.74. The third kappa shape index (κ3) is 13.2. The molecule has 2 bridgehead atoms. The number of aliphatic hydroxyl groups excluding tert-OH is 2. The van der Waals surface area contributed by atoms with E-state index in [2.05, 4.69) is 6.92 Å². The van der Waals surface area contributed by atoms with E-state index in [4.69, 9.17) is 18.9 Å². The molecule has 0 aromatic carbocycles. The number of aliphatic hydroxyl groups is 2. The molecule has 2 rings (SSSR count). The lowest BCUT2D eigenvalue weighted by atomic mass is 9.98. The molecule has 38 heavy (non-hydrogen) atoms. The van der Waals surface area contributed by atoms with Gasteiger partial charge in [-0.3, -0.25) is 9.59 Å². The summed E-state index contributed by atoms with van der Waals surface area (Å²) in [5.74, 6) is -0.965. The summed E-state index contributed by atoms with van der Waals surface area (Å²) in [4.78, 5) is 23.8. The van der Waals surface area contributed by atoms with Gasteiger partial charge in [0, 0.05) is 13.3 Å². The van der Waals surface area contributed by atoms with Crippen molar-refractivity contribution in [1.29, 1.82) is 0 Å². The quantitative estimate of drug-likeness (QED) is 0.237. The van der Waals surface area contributed by atoms with Gasteiger partial charge < -0.3 is 29.2 Å². The molecule has 0 saturated carbocycles. The zero-order valence-electron chi connectivity index (χ0n) is 24.0. The topological polar surface area (TPSA) is 112 Å². The van der Waals surface area contributed by atoms with Crippen molar-refractivity contribution in [1.82, 2.24) is 0 Å². The summed E-state index contributed by atoms with van der Waals surface area (Å²) in [5, 5.41) is 21.6. The van der Waals surface area contributed by atoms with E-state index >= 15 is 0 Å². The van der Waals surface area contributed by atoms with Crippen LogP contribution < -0.4 is 0 Å². The zero-order chi connectivity index (χ0) is 27.6. The summed E-state index contributed by atoms with van der Waals surface area (Å²) in [6.07, 6.45) is 14.7. The van der Waals surface area contributed by atoms with Crippen LogP contribution in [0.2, 0.25) is 0 Å². The van der Waals surface area contributed by atoms with Crippen LogP contribution in [0.5, 0.6) is 0 Å². The maximum Gasteiger partial charge on any atom is 0.305 e. The molecule has 0 amide bonds. The summed E-state index contributed by atoms with van der Waals surface area (Å²) in [6, 6.07) is 0. The Balaban J connectivity index is 1.94. The van der Waals surface area contributed by atoms with Gasteiger partial charge in [0.25, 0.3) is 0 Å². The first kappa shape index (κ1) is 33.0. The molecule has 2 N–H and O–H groups in total. The van der Waals surface area contributed by atoms with Crippen molar-refractivity contribution in [3.8, 4) is 0 Å². The molecule has 2 fully saturated rings. The number of hydrogen-bond donors (Lipinski definition) is 2. The molecule has 8 heteroatoms. The van der Waals surface area contributed by atoms with Crippen molar-refractivity contribution in [2.75, 3.05) is 6.61 Å². The van der Waals surface area contributed by atoms with E-state index in [-0.39, 0.29) is 18.7 Å². The Kier molecular flexibility index (Phi) is 17.2. The normalized spacial score (nSPS) is 29.9. The molecule has 6 unspecified atom stereocenters. The Labute approximate surface area is 230 Å². The smallest absolute Gasteiger partial charge is 0.305 e. The number of fused-ring (bicyclic) bond motifs is 2. The molecule has 6 atom stereocenters. The molecule has 222 valence electrons. The van der Waals surface area contributed by atoms with Gasteiger partial charge in [-0.1, -0.05) is 103 Å². The standard InChI is InChI=1S/C30H54O8/c1-3-4-5-6-7-8-9-10-13-16-19-24-20-17-14-11-12-15-18-21-26(32)35-22-25-27(33)29(36-23(2)31)28(34)30(37-24)38-25/h24-25,27-30,33-34H,3-22H2,1-2H3. The van der Waals surface area contributed by atoms with Crippen LogP contribution in [0.1, 0.15) is 136 Å². The number of ether oxygens (including phenoxy) is 4. The molecule has 2 saturated heterocycles. The van der Waals surface area contributed by atoms with Crippen molar-refractivity contribution in [2.45, 2.75) is 173 Å². The second-order valence-corrected chi connectivity index (χ2v) is 11.2. The highest BCUT2D eigenvalue weighted by atomic mass is 16.7. The molecule has 8 nitrogen and oxygen atoms in total. The Bertz CT molecular complexity index is 642. The van der Waals surface area contributed by atoms with Gasteiger partial charge in [-0.15, -0.1) is 0 Å². The van der Waals surface area contributed by atoms with Crippen LogP contribution in [0.4, 0.5) is 0 Å². The van der Waals surface area contributed by atoms with E-state index in [9.17, 15) is 19.8 Å². The average Bonchev–Trinajstić information content (AvgIpc) is 2.88. The summed E-state index contributed by atoms with van der Waals surface area (Å²) in [5.41, 5.74) is 0. The molecule has 2 aliphatic heterocycles. The third-order valence-corrected chi connectivity index (χ3v) is 7.72. The van der Waals surface area contributed by atoms with Crippen LogP contribution in [0.25, 0.3) is 0 Å². The fourth-order valence-corrected chi connectivity index (χ4v) is 5.41. The SMILES string of the molecule is CCCCCCCCCCCCC1CCCCCCCCC(=O)OCC2OC(O1)C(O)C(OC(C)=O)C2O. The first-order valence-electron chi connectivity index (χ1n) is 15.4. The zero-order valence-corrected chi connectivity index (χ0v) is 24.0. The average molecular weight is 543 g/mol. The summed E-state index contributed by atoms with van der Waals surface area (Å²) in [6.45, 7) is 3.29. The van der Waals surface area contributed by atoms with E-state index in [1.807, 2.05) is 0 Å². The molecule has 0 aliphatic carbocycles. The number of hydrogen-bond acceptors (Lipinski definition) is 8. The molecular weight excluding hydrogens is 488 g/mol. The van der Waals surface area contributed by atoms with Crippen LogP contribution in [0.3, 0.4) is 0 Å². The number of cyclic esters (lactones) is 1. The monoisotopic (exact) mass is 542 g/mol. The van der Waals surface area contributed by atoms with Gasteiger partial charge in [0.15, 0.2) is 12.4 Å². The summed E-state index contributed by atoms with van der Waals surface area (Å²) >= 11 is 0. The van der Waals surface area contributed by atoms with Gasteiger partial charge in [0.2, 0.25) is 0 Å². The lowest BCUT2D eigenvalue weighted by Crippen LogP contribution is -2.61. The second kappa shape index (κ2) is 19.8. The van der Waals surface area contributed by atoms with Gasteiger partial charge >= 0.3 is 11.9 Å². The Morgan fingerprint density at radius 3 is 2.11 bits per heavy atom. The van der Waals surface area contributed by atoms with E-state index in [0.29, 0.717) is 6.42 Å². The van der Waals surface area contributed by atoms with Crippen molar-refractivity contribution in [2.24, 2.45) is 0 Å². The van der Waals surface area contributed by atoms with E-state index in [1.54, 1.807) is 0 Å². The molecule has 0 aromatic heterocycles. The number of esters is 2. The highest BCUT2D eigenvalue weighted by molar-refractivity contribution is 5.69. The van der Waals surface area contributed by atoms with E-state index in [0.717, 1.165) is 64.2 Å². The minimum atomic E-state index is -1.34. The molecule has 0 spiro atoms. The minimum Gasteiger partial charge on any atom is -0.463 e. The van der Waals surface area contributed by atoms with Gasteiger partial charge in [-0.05, 0) is 19.3 Å². The van der Waals surface area contributed by atoms with Crippen molar-refractivity contribution in [3.63, 3.8) is 0 Å². The van der Waals surface area contributed by atoms with Crippen LogP contribution >= 0.6 is 0 Å². The molecule has 0 radical (unpaired) electrons. The van der Waals surface area contributed by atoms with Crippen LogP contribution in [0.15, 0.2) is 0 Å². The Morgan fingerprint density at radius 2 is 1.45 bits per heavy atom. The lowest BCUT2D eigenvalue weighted by Gasteiger charge is -2.42. The van der Waals surface area contributed by atoms with Crippen LogP contribution in [-0.4, -0.2) is 65.6 Å². The number of rotatable bonds is 12. The minimum absolute atomic E-state index is 0.104. The van der Waals surface area contributed by atoms with Gasteiger partial charge in [0.1, 0.15) is 24.9 Å². The molecule has 2 aliphatic rings. The third-order valence-electron chi connectivity index (χ3n) is 7.72. The van der Waals surface area contributed by atoms with E-state index < -0.39 is 36.7 Å². The fraction of sp³-hybridized carbons (Fsp3) is 0.933. The number of carbonyl (C=O) groups is 2. The number of unbranched alkanes of at least 4 members (excludes halogenated alkanes) is 9. The Morgan fingerprint density at radius 1 is 0.842 bits per heavy atom. The van der Waals surface area contributed by atoms with Crippen molar-refractivity contribution in [3.05, 3.63) is 0 Å². The maximum absolute atomic E-state index is 12.2. The second-order valence-electron chi connectivity index (χ2n) is 11.2. The number of carbonyl (C=O) groups excluding carboxylic acids is 2. The van der Waals surface area contributed by atoms with Gasteiger partial charge in [0.05, 0.1) is 6.10 Å². The highest BCUT2D eigenvalue weighted by Crippen LogP contribution is 2.28. The van der Waals surface area contributed by atoms with Crippen molar-refractivity contribution < 1.29 is 38.7 Å². The fourth-order valence-electron chi connectivity index (χ4n) is 5.41. The van der Waals surface area contributed by atoms with Crippen LogP contribution in [-0.2, 0) is 28.5 Å². The van der Waals surface area contributed by atoms with E-state index in [1.165, 1.54) is 58.3 Å². The van der Waals surface area contributed by atoms with Gasteiger partial charge in [-0.25, -0.2) is 0 Å². The summed E-state index contributed by atoms with van der Waals surface area (Å²) in [7, 11) is 0. The largest absolute Gasteiger partial charge is 0.463 e. The predicted molar refractivity (Wildman–Crippen MR) is 145 cm³/mol. The highest BCUT2D eigenvalue weighted by Gasteiger charge is 2.48. The molecule has 2 heterocycles. The first-order valence-corrected chi connectivity index (χ1v) is 15.4. The lowest BCUT2D eigenvalue weighted by molar-refractivity contribution is -0.314. The van der Waals surface area contributed by atoms with Crippen LogP contribution in [0, 0.1) is 0 Å².